The lowest BCUT2D eigenvalue weighted by Gasteiger charge is -2.44. The standard InChI is InChI=1S/C16H17ClN4OS2/c17-15-19-20-16(24-15)23-12-3-1-11(2-4-12)14(22)18-13-9-21-7-5-10(13)6-8-21/h1-4,10,13H,5-9H2,(H,18,22)/t13-/m0/s1. The number of aromatic nitrogens is 2. The van der Waals surface area contributed by atoms with Gasteiger partial charge in [-0.15, -0.1) is 10.2 Å². The number of fused-ring (bicyclic) bond motifs is 3. The smallest absolute Gasteiger partial charge is 0.251 e. The van der Waals surface area contributed by atoms with Gasteiger partial charge in [0.05, 0.1) is 0 Å². The summed E-state index contributed by atoms with van der Waals surface area (Å²) in [6.45, 7) is 3.35. The molecule has 5 rings (SSSR count). The van der Waals surface area contributed by atoms with Gasteiger partial charge in [-0.1, -0.05) is 23.1 Å². The van der Waals surface area contributed by atoms with E-state index in [0.29, 0.717) is 15.9 Å². The summed E-state index contributed by atoms with van der Waals surface area (Å²) in [6, 6.07) is 7.89. The molecule has 1 amide bonds. The molecule has 5 nitrogen and oxygen atoms in total. The van der Waals surface area contributed by atoms with E-state index in [0.717, 1.165) is 15.8 Å². The van der Waals surface area contributed by atoms with Crippen LogP contribution in [0.15, 0.2) is 33.5 Å². The summed E-state index contributed by atoms with van der Waals surface area (Å²) in [6.07, 6.45) is 2.40. The number of carbonyl (C=O) groups excluding carboxylic acids is 1. The molecule has 3 fully saturated rings. The highest BCUT2D eigenvalue weighted by atomic mass is 35.5. The number of hydrogen-bond donors (Lipinski definition) is 1. The Morgan fingerprint density at radius 2 is 2.00 bits per heavy atom. The first-order valence-corrected chi connectivity index (χ1v) is 9.98. The number of benzene rings is 1. The van der Waals surface area contributed by atoms with E-state index in [4.69, 9.17) is 11.6 Å². The molecule has 0 saturated carbocycles. The van der Waals surface area contributed by atoms with Crippen molar-refractivity contribution in [2.45, 2.75) is 28.1 Å². The third-order valence-corrected chi connectivity index (χ3v) is 6.75. The van der Waals surface area contributed by atoms with Gasteiger partial charge in [0.15, 0.2) is 4.34 Å². The van der Waals surface area contributed by atoms with E-state index in [2.05, 4.69) is 20.4 Å². The van der Waals surface area contributed by atoms with E-state index in [1.54, 1.807) is 0 Å². The van der Waals surface area contributed by atoms with Gasteiger partial charge in [0.25, 0.3) is 5.91 Å². The minimum Gasteiger partial charge on any atom is -0.348 e. The molecule has 3 aliphatic heterocycles. The molecule has 3 saturated heterocycles. The van der Waals surface area contributed by atoms with Crippen LogP contribution in [0.25, 0.3) is 0 Å². The van der Waals surface area contributed by atoms with Crippen LogP contribution < -0.4 is 5.32 Å². The monoisotopic (exact) mass is 380 g/mol. The molecule has 8 heteroatoms. The van der Waals surface area contributed by atoms with Crippen molar-refractivity contribution in [3.05, 3.63) is 34.3 Å². The maximum Gasteiger partial charge on any atom is 0.251 e. The van der Waals surface area contributed by atoms with E-state index < -0.39 is 0 Å². The SMILES string of the molecule is O=C(N[C@H]1CN2CCC1CC2)c1ccc(Sc2nnc(Cl)s2)cc1. The molecule has 1 N–H and O–H groups in total. The zero-order chi connectivity index (χ0) is 16.5. The average molecular weight is 381 g/mol. The molecule has 1 atom stereocenters. The first-order valence-electron chi connectivity index (χ1n) is 7.97. The van der Waals surface area contributed by atoms with Crippen molar-refractivity contribution in [1.29, 1.82) is 0 Å². The van der Waals surface area contributed by atoms with E-state index in [-0.39, 0.29) is 11.9 Å². The zero-order valence-corrected chi connectivity index (χ0v) is 15.3. The summed E-state index contributed by atoms with van der Waals surface area (Å²) >= 11 is 8.63. The first kappa shape index (κ1) is 16.3. The highest BCUT2D eigenvalue weighted by Gasteiger charge is 2.34. The number of halogens is 1. The van der Waals surface area contributed by atoms with Gasteiger partial charge in [-0.3, -0.25) is 4.79 Å². The van der Waals surface area contributed by atoms with E-state index >= 15 is 0 Å². The van der Waals surface area contributed by atoms with Crippen molar-refractivity contribution >= 4 is 40.6 Å². The Hall–Kier alpha value is -1.15. The highest BCUT2D eigenvalue weighted by molar-refractivity contribution is 8.01. The number of hydrogen-bond acceptors (Lipinski definition) is 6. The number of nitrogens with zero attached hydrogens (tertiary/aromatic N) is 3. The lowest BCUT2D eigenvalue weighted by atomic mass is 9.84. The van der Waals surface area contributed by atoms with Crippen molar-refractivity contribution in [2.24, 2.45) is 5.92 Å². The van der Waals surface area contributed by atoms with Crippen molar-refractivity contribution in [1.82, 2.24) is 20.4 Å². The summed E-state index contributed by atoms with van der Waals surface area (Å²) in [4.78, 5) is 15.9. The van der Waals surface area contributed by atoms with Gasteiger partial charge in [0.1, 0.15) is 0 Å². The van der Waals surface area contributed by atoms with Crippen molar-refractivity contribution in [3.63, 3.8) is 0 Å². The second-order valence-corrected chi connectivity index (χ2v) is 9.05. The molecule has 2 aromatic rings. The number of piperidine rings is 3. The molecule has 3 aliphatic rings. The molecular formula is C16H17ClN4OS2. The highest BCUT2D eigenvalue weighted by Crippen LogP contribution is 2.32. The van der Waals surface area contributed by atoms with Crippen molar-refractivity contribution in [2.75, 3.05) is 19.6 Å². The molecule has 2 bridgehead atoms. The molecule has 24 heavy (non-hydrogen) atoms. The predicted molar refractivity (Wildman–Crippen MR) is 95.9 cm³/mol. The molecule has 4 heterocycles. The second-order valence-electron chi connectivity index (χ2n) is 6.17. The van der Waals surface area contributed by atoms with Gasteiger partial charge >= 0.3 is 0 Å². The average Bonchev–Trinajstić information content (AvgIpc) is 3.01. The fourth-order valence-electron chi connectivity index (χ4n) is 3.39. The van der Waals surface area contributed by atoms with Gasteiger partial charge in [0.2, 0.25) is 4.47 Å². The number of carbonyl (C=O) groups is 1. The van der Waals surface area contributed by atoms with Crippen LogP contribution in [0.5, 0.6) is 0 Å². The summed E-state index contributed by atoms with van der Waals surface area (Å²) in [7, 11) is 0. The van der Waals surface area contributed by atoms with Crippen molar-refractivity contribution < 1.29 is 4.79 Å². The molecule has 1 aromatic heterocycles. The summed E-state index contributed by atoms with van der Waals surface area (Å²) in [5.74, 6) is 0.653. The third-order valence-electron chi connectivity index (χ3n) is 4.68. The lowest BCUT2D eigenvalue weighted by molar-refractivity contribution is 0.0620. The van der Waals surface area contributed by atoms with Crippen LogP contribution >= 0.6 is 34.7 Å². The zero-order valence-electron chi connectivity index (χ0n) is 12.9. The largest absolute Gasteiger partial charge is 0.348 e. The summed E-state index contributed by atoms with van der Waals surface area (Å²) in [5, 5.41) is 11.0. The Morgan fingerprint density at radius 3 is 2.58 bits per heavy atom. The van der Waals surface area contributed by atoms with Gasteiger partial charge < -0.3 is 10.2 Å². The summed E-state index contributed by atoms with van der Waals surface area (Å²) < 4.78 is 1.23. The topological polar surface area (TPSA) is 58.1 Å². The molecule has 0 radical (unpaired) electrons. The molecule has 0 spiro atoms. The van der Waals surface area contributed by atoms with Gasteiger partial charge in [-0.25, -0.2) is 0 Å². The quantitative estimate of drug-likeness (QED) is 0.882. The molecule has 1 aromatic carbocycles. The molecule has 0 unspecified atom stereocenters. The Balaban J connectivity index is 1.38. The fourth-order valence-corrected chi connectivity index (χ4v) is 5.34. The molecule has 126 valence electrons. The van der Waals surface area contributed by atoms with Crippen LogP contribution in [-0.2, 0) is 0 Å². The minimum absolute atomic E-state index is 0.0178. The Kier molecular flexibility index (Phi) is 4.76. The van der Waals surface area contributed by atoms with Crippen LogP contribution in [0, 0.1) is 5.92 Å². The Labute approximate surface area is 153 Å². The van der Waals surface area contributed by atoms with E-state index in [1.807, 2.05) is 24.3 Å². The Morgan fingerprint density at radius 1 is 1.25 bits per heavy atom. The van der Waals surface area contributed by atoms with Crippen LogP contribution in [0.1, 0.15) is 23.2 Å². The van der Waals surface area contributed by atoms with Crippen molar-refractivity contribution in [3.8, 4) is 0 Å². The maximum atomic E-state index is 12.5. The van der Waals surface area contributed by atoms with E-state index in [9.17, 15) is 4.79 Å². The predicted octanol–water partition coefficient (Wildman–Crippen LogP) is 3.17. The van der Waals surface area contributed by atoms with Gasteiger partial charge in [-0.2, -0.15) is 0 Å². The number of amides is 1. The van der Waals surface area contributed by atoms with Crippen LogP contribution in [0.2, 0.25) is 4.47 Å². The normalized spacial score (nSPS) is 25.6. The van der Waals surface area contributed by atoms with Crippen LogP contribution in [0.3, 0.4) is 0 Å². The van der Waals surface area contributed by atoms with Gasteiger partial charge in [0, 0.05) is 23.0 Å². The van der Waals surface area contributed by atoms with Crippen LogP contribution in [-0.4, -0.2) is 46.7 Å². The molecular weight excluding hydrogens is 364 g/mol. The van der Waals surface area contributed by atoms with Crippen LogP contribution in [0.4, 0.5) is 0 Å². The second kappa shape index (κ2) is 7.00. The number of nitrogens with one attached hydrogen (secondary N) is 1. The lowest BCUT2D eigenvalue weighted by Crippen LogP contribution is -2.57. The van der Waals surface area contributed by atoms with Gasteiger partial charge in [-0.05, 0) is 67.7 Å². The number of rotatable bonds is 4. The maximum absolute atomic E-state index is 12.5. The first-order chi connectivity index (χ1) is 11.7. The van der Waals surface area contributed by atoms with E-state index in [1.165, 1.54) is 49.0 Å². The molecule has 0 aliphatic carbocycles. The Bertz CT molecular complexity index is 728. The fraction of sp³-hybridized carbons (Fsp3) is 0.438. The minimum atomic E-state index is 0.0178. The third kappa shape index (κ3) is 3.59. The summed E-state index contributed by atoms with van der Waals surface area (Å²) in [5.41, 5.74) is 0.700.